The third-order valence-corrected chi connectivity index (χ3v) is 9.19. The Bertz CT molecular complexity index is 2050. The molecule has 6 rings (SSSR count). The fourth-order valence-electron chi connectivity index (χ4n) is 6.39. The van der Waals surface area contributed by atoms with E-state index in [-0.39, 0.29) is 45.8 Å². The number of aromatic nitrogens is 5. The van der Waals surface area contributed by atoms with Crippen molar-refractivity contribution < 1.29 is 40.7 Å². The molecule has 53 heavy (non-hydrogen) atoms. The molecule has 4 aromatic rings. The van der Waals surface area contributed by atoms with Crippen molar-refractivity contribution in [2.24, 2.45) is 16.1 Å². The standard InChI is InChI=1S/C35H35ClF6N8O3/c1-33(2,3)17-34(21-5-8-23(25(37)13-21)20-14-45-48(15-20)22-6-7-22)31(52)49(32(43)47-34)27(16-53-28(51)10-11-35(40,41)42)19-4-9-24(36)26(12-19)50-30(29(38)39)44-18-46-50/h4-5,8-9,12-15,18,22,27,29H,6-7,10-11,16-17H2,1-3H3,(H2,43,47)/t27-,34-/m1/s1. The molecule has 0 saturated heterocycles. The lowest BCUT2D eigenvalue weighted by Crippen LogP contribution is -2.47. The van der Waals surface area contributed by atoms with Gasteiger partial charge in [-0.25, -0.2) is 27.8 Å². The minimum atomic E-state index is -4.64. The number of alkyl halides is 5. The first-order valence-electron chi connectivity index (χ1n) is 16.6. The minimum Gasteiger partial charge on any atom is -0.463 e. The van der Waals surface area contributed by atoms with Gasteiger partial charge in [-0.3, -0.25) is 19.2 Å². The molecule has 2 atom stereocenters. The van der Waals surface area contributed by atoms with Crippen molar-refractivity contribution in [2.45, 2.75) is 83.1 Å². The molecule has 282 valence electrons. The average Bonchev–Trinajstić information content (AvgIpc) is 3.48. The second kappa shape index (κ2) is 14.1. The summed E-state index contributed by atoms with van der Waals surface area (Å²) in [5.41, 5.74) is 5.07. The largest absolute Gasteiger partial charge is 0.463 e. The first-order valence-corrected chi connectivity index (χ1v) is 17.0. The van der Waals surface area contributed by atoms with Gasteiger partial charge in [0.2, 0.25) is 0 Å². The molecule has 0 bridgehead atoms. The summed E-state index contributed by atoms with van der Waals surface area (Å²) in [6, 6.07) is 7.21. The molecule has 2 aromatic heterocycles. The van der Waals surface area contributed by atoms with Crippen LogP contribution in [0.1, 0.15) is 88.3 Å². The summed E-state index contributed by atoms with van der Waals surface area (Å²) in [4.78, 5) is 36.6. The first-order chi connectivity index (χ1) is 24.9. The van der Waals surface area contributed by atoms with E-state index in [9.17, 15) is 31.5 Å². The van der Waals surface area contributed by atoms with Gasteiger partial charge in [0.05, 0.1) is 41.8 Å². The van der Waals surface area contributed by atoms with E-state index in [1.54, 1.807) is 23.1 Å². The number of ether oxygens (including phenoxy) is 1. The number of amides is 1. The van der Waals surface area contributed by atoms with E-state index < -0.39 is 72.6 Å². The Hall–Kier alpha value is -4.93. The Morgan fingerprint density at radius 1 is 1.11 bits per heavy atom. The molecule has 18 heteroatoms. The lowest BCUT2D eigenvalue weighted by molar-refractivity contribution is -0.158. The van der Waals surface area contributed by atoms with Crippen LogP contribution in [0.15, 0.2) is 60.1 Å². The molecule has 1 saturated carbocycles. The van der Waals surface area contributed by atoms with Gasteiger partial charge in [0, 0.05) is 17.3 Å². The molecular formula is C35H35ClF6N8O3. The van der Waals surface area contributed by atoms with E-state index in [0.29, 0.717) is 5.56 Å². The number of nitrogens with two attached hydrogens (primary N) is 1. The normalized spacial score (nSPS) is 18.5. The molecule has 2 aliphatic rings. The zero-order valence-corrected chi connectivity index (χ0v) is 29.5. The summed E-state index contributed by atoms with van der Waals surface area (Å²) in [6.07, 6.45) is -3.95. The van der Waals surface area contributed by atoms with Gasteiger partial charge < -0.3 is 10.5 Å². The second-order valence-corrected chi connectivity index (χ2v) is 14.6. The third-order valence-electron chi connectivity index (χ3n) is 8.87. The Morgan fingerprint density at radius 3 is 2.49 bits per heavy atom. The van der Waals surface area contributed by atoms with E-state index in [1.165, 1.54) is 30.3 Å². The Balaban J connectivity index is 1.41. The van der Waals surface area contributed by atoms with Crippen LogP contribution in [0.4, 0.5) is 26.3 Å². The molecule has 0 unspecified atom stereocenters. The zero-order valence-electron chi connectivity index (χ0n) is 28.7. The van der Waals surface area contributed by atoms with Crippen molar-refractivity contribution in [3.63, 3.8) is 0 Å². The molecule has 1 aliphatic heterocycles. The van der Waals surface area contributed by atoms with E-state index in [4.69, 9.17) is 22.1 Å². The smallest absolute Gasteiger partial charge is 0.389 e. The predicted octanol–water partition coefficient (Wildman–Crippen LogP) is 7.61. The van der Waals surface area contributed by atoms with Gasteiger partial charge in [-0.1, -0.05) is 50.6 Å². The number of halogens is 7. The number of rotatable bonds is 12. The molecule has 2 aromatic carbocycles. The molecule has 1 fully saturated rings. The van der Waals surface area contributed by atoms with Gasteiger partial charge in [-0.15, -0.1) is 0 Å². The molecule has 0 radical (unpaired) electrons. The maximum Gasteiger partial charge on any atom is 0.389 e. The minimum absolute atomic E-state index is 0.0229. The van der Waals surface area contributed by atoms with Crippen LogP contribution in [-0.4, -0.2) is 60.1 Å². The lowest BCUT2D eigenvalue weighted by Gasteiger charge is -2.35. The van der Waals surface area contributed by atoms with Crippen LogP contribution in [0.2, 0.25) is 5.02 Å². The lowest BCUT2D eigenvalue weighted by atomic mass is 9.75. The van der Waals surface area contributed by atoms with Crippen LogP contribution in [0.5, 0.6) is 0 Å². The molecule has 0 spiro atoms. The number of esters is 1. The molecular weight excluding hydrogens is 730 g/mol. The Morgan fingerprint density at radius 2 is 1.85 bits per heavy atom. The fraction of sp³-hybridized carbons (Fsp3) is 0.429. The van der Waals surface area contributed by atoms with Crippen molar-refractivity contribution in [3.8, 4) is 16.8 Å². The SMILES string of the molecule is CC(C)(C)C[C@]1(c2ccc(-c3cnn(C4CC4)c3)c(F)c2)N=C(N)N([C@H](COC(=O)CCC(F)(F)F)c2ccc(Cl)c(-n3ncnc3C(F)F)c2)C1=O. The van der Waals surface area contributed by atoms with Crippen LogP contribution in [-0.2, 0) is 19.9 Å². The van der Waals surface area contributed by atoms with Crippen LogP contribution in [0.3, 0.4) is 0 Å². The number of guanidine groups is 1. The van der Waals surface area contributed by atoms with Gasteiger partial charge in [-0.05, 0) is 54.0 Å². The maximum absolute atomic E-state index is 16.0. The van der Waals surface area contributed by atoms with Crippen LogP contribution >= 0.6 is 11.6 Å². The predicted molar refractivity (Wildman–Crippen MR) is 180 cm³/mol. The number of benzene rings is 2. The van der Waals surface area contributed by atoms with E-state index in [0.717, 1.165) is 28.8 Å². The van der Waals surface area contributed by atoms with Gasteiger partial charge in [0.15, 0.2) is 17.3 Å². The quantitative estimate of drug-likeness (QED) is 0.116. The van der Waals surface area contributed by atoms with Gasteiger partial charge >= 0.3 is 12.1 Å². The van der Waals surface area contributed by atoms with Crippen molar-refractivity contribution in [2.75, 3.05) is 6.61 Å². The second-order valence-electron chi connectivity index (χ2n) is 14.2. The summed E-state index contributed by atoms with van der Waals surface area (Å²) in [6.45, 7) is 4.81. The average molecular weight is 765 g/mol. The summed E-state index contributed by atoms with van der Waals surface area (Å²) in [5, 5.41) is 8.14. The monoisotopic (exact) mass is 764 g/mol. The van der Waals surface area contributed by atoms with Gasteiger partial charge in [0.25, 0.3) is 12.3 Å². The number of hydrogen-bond acceptors (Lipinski definition) is 8. The Kier molecular flexibility index (Phi) is 10.1. The van der Waals surface area contributed by atoms with Crippen molar-refractivity contribution in [1.82, 2.24) is 29.4 Å². The zero-order chi connectivity index (χ0) is 38.5. The molecule has 11 nitrogen and oxygen atoms in total. The number of aliphatic imine (C=N–C) groups is 1. The molecule has 3 heterocycles. The van der Waals surface area contributed by atoms with Crippen LogP contribution < -0.4 is 5.73 Å². The van der Waals surface area contributed by atoms with E-state index in [1.807, 2.05) is 20.8 Å². The number of nitrogens with zero attached hydrogens (tertiary/aromatic N) is 7. The van der Waals surface area contributed by atoms with Crippen LogP contribution in [0, 0.1) is 11.2 Å². The first kappa shape index (κ1) is 37.8. The number of hydrogen-bond donors (Lipinski definition) is 1. The maximum atomic E-state index is 16.0. The van der Waals surface area contributed by atoms with Crippen molar-refractivity contribution in [1.29, 1.82) is 0 Å². The summed E-state index contributed by atoms with van der Waals surface area (Å²) < 4.78 is 90.1. The van der Waals surface area contributed by atoms with E-state index >= 15 is 4.39 Å². The number of carbonyl (C=O) groups excluding carboxylic acids is 2. The highest BCUT2D eigenvalue weighted by atomic mass is 35.5. The third kappa shape index (κ3) is 8.04. The Labute approximate surface area is 304 Å². The summed E-state index contributed by atoms with van der Waals surface area (Å²) >= 11 is 6.39. The molecule has 1 amide bonds. The summed E-state index contributed by atoms with van der Waals surface area (Å²) in [5.74, 6) is -3.72. The van der Waals surface area contributed by atoms with Gasteiger partial charge in [-0.2, -0.15) is 23.4 Å². The highest BCUT2D eigenvalue weighted by Crippen LogP contribution is 2.46. The topological polar surface area (TPSA) is 134 Å². The van der Waals surface area contributed by atoms with Crippen LogP contribution in [0.25, 0.3) is 16.8 Å². The van der Waals surface area contributed by atoms with Gasteiger partial charge in [0.1, 0.15) is 18.8 Å². The highest BCUT2D eigenvalue weighted by molar-refractivity contribution is 6.32. The van der Waals surface area contributed by atoms with E-state index in [2.05, 4.69) is 20.2 Å². The van der Waals surface area contributed by atoms with Crippen molar-refractivity contribution >= 4 is 29.4 Å². The van der Waals surface area contributed by atoms with Crippen molar-refractivity contribution in [3.05, 3.63) is 82.9 Å². The molecule has 1 aliphatic carbocycles. The summed E-state index contributed by atoms with van der Waals surface area (Å²) in [7, 11) is 0. The number of carbonyl (C=O) groups is 2. The highest BCUT2D eigenvalue weighted by Gasteiger charge is 2.53. The fourth-order valence-corrected chi connectivity index (χ4v) is 6.59. The molecule has 2 N–H and O–H groups in total.